The van der Waals surface area contributed by atoms with Gasteiger partial charge in [0.1, 0.15) is 11.6 Å². The molecule has 0 saturated carbocycles. The van der Waals surface area contributed by atoms with Gasteiger partial charge < -0.3 is 4.74 Å². The Morgan fingerprint density at radius 1 is 0.968 bits per heavy atom. The fourth-order valence-corrected chi connectivity index (χ4v) is 3.67. The van der Waals surface area contributed by atoms with Crippen LogP contribution < -0.4 is 10.2 Å². The zero-order chi connectivity index (χ0) is 21.3. The molecule has 0 aliphatic carbocycles. The normalized spacial score (nSPS) is 11.0. The van der Waals surface area contributed by atoms with Gasteiger partial charge >= 0.3 is 0 Å². The number of benzene rings is 3. The number of hydrogen-bond acceptors (Lipinski definition) is 5. The maximum atomic E-state index is 13.0. The molecule has 31 heavy (non-hydrogen) atoms. The molecule has 156 valence electrons. The number of aryl methyl sites for hydroxylation is 1. The Balaban J connectivity index is 1.23. The largest absolute Gasteiger partial charge is 0.494 e. The van der Waals surface area contributed by atoms with Gasteiger partial charge in [0.15, 0.2) is 0 Å². The Morgan fingerprint density at radius 3 is 2.52 bits per heavy atom. The number of nitrogens with zero attached hydrogens (tertiary/aromatic N) is 2. The number of rotatable bonds is 9. The van der Waals surface area contributed by atoms with Gasteiger partial charge in [-0.15, -0.1) is 11.3 Å². The minimum absolute atomic E-state index is 0.259. The number of ether oxygens (including phenoxy) is 1. The second-order valence-corrected chi connectivity index (χ2v) is 7.78. The van der Waals surface area contributed by atoms with Crippen LogP contribution in [0.1, 0.15) is 17.5 Å². The number of thiazole rings is 1. The van der Waals surface area contributed by atoms with Gasteiger partial charge in [0.25, 0.3) is 0 Å². The first kappa shape index (κ1) is 20.8. The Labute approximate surface area is 185 Å². The molecular weight excluding hydrogens is 409 g/mol. The zero-order valence-corrected chi connectivity index (χ0v) is 17.7. The van der Waals surface area contributed by atoms with Crippen molar-refractivity contribution in [1.82, 2.24) is 4.98 Å². The summed E-state index contributed by atoms with van der Waals surface area (Å²) in [4.78, 5) is 4.47. The molecule has 0 aliphatic rings. The van der Waals surface area contributed by atoms with Crippen LogP contribution in [0.3, 0.4) is 0 Å². The van der Waals surface area contributed by atoms with Gasteiger partial charge in [0.2, 0.25) is 5.13 Å². The van der Waals surface area contributed by atoms with Crippen LogP contribution in [0.25, 0.3) is 11.3 Å². The molecule has 0 saturated heterocycles. The molecule has 0 atom stereocenters. The van der Waals surface area contributed by atoms with Gasteiger partial charge in [-0.3, -0.25) is 5.43 Å². The lowest BCUT2D eigenvalue weighted by Crippen LogP contribution is -1.99. The molecule has 1 N–H and O–H groups in total. The third kappa shape index (κ3) is 6.23. The van der Waals surface area contributed by atoms with Crippen LogP contribution in [-0.2, 0) is 6.42 Å². The molecule has 0 spiro atoms. The Bertz CT molecular complexity index is 1110. The van der Waals surface area contributed by atoms with E-state index in [0.29, 0.717) is 11.7 Å². The maximum Gasteiger partial charge on any atom is 0.203 e. The van der Waals surface area contributed by atoms with Crippen LogP contribution in [-0.4, -0.2) is 17.8 Å². The van der Waals surface area contributed by atoms with Crippen molar-refractivity contribution >= 4 is 22.7 Å². The molecule has 4 rings (SSSR count). The number of aromatic nitrogens is 1. The summed E-state index contributed by atoms with van der Waals surface area (Å²) in [6.07, 6.45) is 3.72. The lowest BCUT2D eigenvalue weighted by atomic mass is 10.1. The van der Waals surface area contributed by atoms with Gasteiger partial charge in [-0.25, -0.2) is 9.37 Å². The van der Waals surface area contributed by atoms with E-state index in [4.69, 9.17) is 4.74 Å². The van der Waals surface area contributed by atoms with Crippen molar-refractivity contribution in [3.63, 3.8) is 0 Å². The van der Waals surface area contributed by atoms with Crippen LogP contribution in [0, 0.1) is 5.82 Å². The highest BCUT2D eigenvalue weighted by atomic mass is 32.1. The molecule has 6 heteroatoms. The lowest BCUT2D eigenvalue weighted by Gasteiger charge is -2.06. The van der Waals surface area contributed by atoms with Crippen LogP contribution in [0.15, 0.2) is 89.3 Å². The highest BCUT2D eigenvalue weighted by Gasteiger charge is 2.04. The van der Waals surface area contributed by atoms with E-state index in [1.807, 2.05) is 35.7 Å². The van der Waals surface area contributed by atoms with E-state index in [-0.39, 0.29) is 5.82 Å². The number of hydrazone groups is 1. The Morgan fingerprint density at radius 2 is 1.74 bits per heavy atom. The van der Waals surface area contributed by atoms with Gasteiger partial charge in [-0.2, -0.15) is 5.10 Å². The predicted molar refractivity (Wildman–Crippen MR) is 125 cm³/mol. The van der Waals surface area contributed by atoms with E-state index in [9.17, 15) is 4.39 Å². The van der Waals surface area contributed by atoms with E-state index >= 15 is 0 Å². The van der Waals surface area contributed by atoms with E-state index in [1.54, 1.807) is 18.3 Å². The Hall–Kier alpha value is -3.51. The summed E-state index contributed by atoms with van der Waals surface area (Å²) in [6, 6.07) is 24.5. The monoisotopic (exact) mass is 431 g/mol. The smallest absolute Gasteiger partial charge is 0.203 e. The molecule has 1 aromatic heterocycles. The number of halogens is 1. The Kier molecular flexibility index (Phi) is 7.03. The molecular formula is C25H22FN3OS. The van der Waals surface area contributed by atoms with Crippen molar-refractivity contribution in [2.45, 2.75) is 12.8 Å². The van der Waals surface area contributed by atoms with E-state index < -0.39 is 0 Å². The molecule has 0 aliphatic heterocycles. The van der Waals surface area contributed by atoms with Crippen LogP contribution in [0.5, 0.6) is 5.75 Å². The zero-order valence-electron chi connectivity index (χ0n) is 16.9. The van der Waals surface area contributed by atoms with E-state index in [2.05, 4.69) is 39.8 Å². The van der Waals surface area contributed by atoms with Gasteiger partial charge in [-0.05, 0) is 72.5 Å². The quantitative estimate of drug-likeness (QED) is 0.189. The van der Waals surface area contributed by atoms with Crippen LogP contribution in [0.4, 0.5) is 9.52 Å². The third-order valence-corrected chi connectivity index (χ3v) is 5.37. The van der Waals surface area contributed by atoms with E-state index in [1.165, 1.54) is 29.0 Å². The number of anilines is 1. The number of hydrogen-bond donors (Lipinski definition) is 1. The second-order valence-electron chi connectivity index (χ2n) is 6.92. The fourth-order valence-electron chi connectivity index (χ4n) is 3.00. The molecule has 0 unspecified atom stereocenters. The second kappa shape index (κ2) is 10.5. The summed E-state index contributed by atoms with van der Waals surface area (Å²) in [5.74, 6) is 0.590. The third-order valence-electron chi connectivity index (χ3n) is 4.62. The molecule has 0 radical (unpaired) electrons. The van der Waals surface area contributed by atoms with E-state index in [0.717, 1.165) is 35.4 Å². The number of nitrogens with one attached hydrogen (secondary N) is 1. The van der Waals surface area contributed by atoms with Crippen molar-refractivity contribution in [3.8, 4) is 17.0 Å². The highest BCUT2D eigenvalue weighted by molar-refractivity contribution is 7.14. The molecule has 0 amide bonds. The minimum atomic E-state index is -0.259. The standard InChI is InChI=1S/C25H22FN3OS/c26-22-12-10-21(11-13-22)24-18-31-25(28-24)29-27-17-20-8-14-23(15-9-20)30-16-4-7-19-5-2-1-3-6-19/h1-3,5-6,8-15,17-18H,4,7,16H2,(H,28,29)/b27-17-. The predicted octanol–water partition coefficient (Wildman–Crippen LogP) is 6.41. The summed E-state index contributed by atoms with van der Waals surface area (Å²) in [6.45, 7) is 0.685. The van der Waals surface area contributed by atoms with Crippen molar-refractivity contribution in [3.05, 3.63) is 101 Å². The minimum Gasteiger partial charge on any atom is -0.494 e. The van der Waals surface area contributed by atoms with Crippen molar-refractivity contribution in [2.24, 2.45) is 5.10 Å². The van der Waals surface area contributed by atoms with Crippen LogP contribution in [0.2, 0.25) is 0 Å². The molecule has 4 nitrogen and oxygen atoms in total. The molecule has 4 aromatic rings. The van der Waals surface area contributed by atoms with Gasteiger partial charge in [0, 0.05) is 10.9 Å². The van der Waals surface area contributed by atoms with Crippen molar-refractivity contribution in [1.29, 1.82) is 0 Å². The topological polar surface area (TPSA) is 46.5 Å². The molecule has 0 bridgehead atoms. The highest BCUT2D eigenvalue weighted by Crippen LogP contribution is 2.25. The first-order chi connectivity index (χ1) is 15.3. The average molecular weight is 432 g/mol. The van der Waals surface area contributed by atoms with Gasteiger partial charge in [-0.1, -0.05) is 30.3 Å². The van der Waals surface area contributed by atoms with Gasteiger partial charge in [0.05, 0.1) is 18.5 Å². The molecule has 1 heterocycles. The summed E-state index contributed by atoms with van der Waals surface area (Å²) < 4.78 is 18.9. The molecule has 3 aromatic carbocycles. The first-order valence-electron chi connectivity index (χ1n) is 10.0. The maximum absolute atomic E-state index is 13.0. The summed E-state index contributed by atoms with van der Waals surface area (Å²) >= 11 is 1.45. The average Bonchev–Trinajstić information content (AvgIpc) is 3.28. The SMILES string of the molecule is Fc1ccc(-c2csc(N/N=C\c3ccc(OCCCc4ccccc4)cc3)n2)cc1. The lowest BCUT2D eigenvalue weighted by molar-refractivity contribution is 0.311. The molecule has 0 fully saturated rings. The summed E-state index contributed by atoms with van der Waals surface area (Å²) in [7, 11) is 0. The summed E-state index contributed by atoms with van der Waals surface area (Å²) in [5, 5.41) is 6.83. The van der Waals surface area contributed by atoms with Crippen molar-refractivity contribution < 1.29 is 9.13 Å². The van der Waals surface area contributed by atoms with Crippen molar-refractivity contribution in [2.75, 3.05) is 12.0 Å². The fraction of sp³-hybridized carbons (Fsp3) is 0.120. The first-order valence-corrected chi connectivity index (χ1v) is 10.9. The summed E-state index contributed by atoms with van der Waals surface area (Å²) in [5.41, 5.74) is 6.88. The van der Waals surface area contributed by atoms with Crippen LogP contribution >= 0.6 is 11.3 Å².